The highest BCUT2D eigenvalue weighted by Crippen LogP contribution is 2.32. The number of hydrogen-bond acceptors (Lipinski definition) is 6. The molecule has 142 valence electrons. The van der Waals surface area contributed by atoms with Gasteiger partial charge in [-0.2, -0.15) is 0 Å². The minimum atomic E-state index is -0.605. The summed E-state index contributed by atoms with van der Waals surface area (Å²) < 4.78 is 10.0. The molecule has 0 aromatic heterocycles. The number of nitro benzene ring substituents is 1. The number of esters is 1. The van der Waals surface area contributed by atoms with E-state index >= 15 is 0 Å². The summed E-state index contributed by atoms with van der Waals surface area (Å²) >= 11 is 0. The molecule has 0 aliphatic carbocycles. The molecule has 8 nitrogen and oxygen atoms in total. The zero-order chi connectivity index (χ0) is 20.1. The molecule has 0 aliphatic rings. The summed E-state index contributed by atoms with van der Waals surface area (Å²) in [6.07, 6.45) is 0. The maximum atomic E-state index is 12.1. The van der Waals surface area contributed by atoms with Crippen LogP contribution in [0, 0.1) is 30.9 Å². The Labute approximate surface area is 156 Å². The summed E-state index contributed by atoms with van der Waals surface area (Å²) in [5.41, 5.74) is 2.98. The predicted octanol–water partition coefficient (Wildman–Crippen LogP) is 3.32. The lowest BCUT2D eigenvalue weighted by Gasteiger charge is -2.11. The standard InChI is InChI=1S/C19H20N2O6/c1-11-5-6-14(7-12(11)2)19(23)27-10-18(22)20-15-9-17(26-4)16(21(24)25)8-13(15)3/h5-9H,10H2,1-4H3,(H,20,22). The van der Waals surface area contributed by atoms with Crippen molar-refractivity contribution in [3.05, 3.63) is 62.7 Å². The number of nitrogens with one attached hydrogen (secondary N) is 1. The van der Waals surface area contributed by atoms with Crippen LogP contribution in [0.4, 0.5) is 11.4 Å². The number of anilines is 1. The summed E-state index contributed by atoms with van der Waals surface area (Å²) in [5, 5.41) is 13.6. The van der Waals surface area contributed by atoms with Crippen molar-refractivity contribution in [1.29, 1.82) is 0 Å². The second kappa shape index (κ2) is 8.31. The van der Waals surface area contributed by atoms with Gasteiger partial charge >= 0.3 is 11.7 Å². The lowest BCUT2D eigenvalue weighted by Crippen LogP contribution is -2.21. The average molecular weight is 372 g/mol. The van der Waals surface area contributed by atoms with Gasteiger partial charge in [-0.15, -0.1) is 0 Å². The normalized spacial score (nSPS) is 10.2. The number of carbonyl (C=O) groups is 2. The number of nitrogens with zero attached hydrogens (tertiary/aromatic N) is 1. The van der Waals surface area contributed by atoms with Crippen LogP contribution in [0.1, 0.15) is 27.0 Å². The van der Waals surface area contributed by atoms with Crippen molar-refractivity contribution < 1.29 is 24.0 Å². The van der Waals surface area contributed by atoms with E-state index in [-0.39, 0.29) is 11.4 Å². The SMILES string of the molecule is COc1cc(NC(=O)COC(=O)c2ccc(C)c(C)c2)c(C)cc1[N+](=O)[O-]. The summed E-state index contributed by atoms with van der Waals surface area (Å²) in [4.78, 5) is 34.6. The van der Waals surface area contributed by atoms with Crippen LogP contribution in [-0.2, 0) is 9.53 Å². The zero-order valence-electron chi connectivity index (χ0n) is 15.5. The quantitative estimate of drug-likeness (QED) is 0.473. The molecule has 0 radical (unpaired) electrons. The average Bonchev–Trinajstić information content (AvgIpc) is 2.63. The Morgan fingerprint density at radius 2 is 1.78 bits per heavy atom. The zero-order valence-corrected chi connectivity index (χ0v) is 15.5. The van der Waals surface area contributed by atoms with Crippen molar-refractivity contribution >= 4 is 23.3 Å². The van der Waals surface area contributed by atoms with E-state index in [0.29, 0.717) is 16.8 Å². The lowest BCUT2D eigenvalue weighted by atomic mass is 10.1. The van der Waals surface area contributed by atoms with E-state index in [1.165, 1.54) is 19.2 Å². The predicted molar refractivity (Wildman–Crippen MR) is 99.2 cm³/mol. The fourth-order valence-electron chi connectivity index (χ4n) is 2.38. The van der Waals surface area contributed by atoms with Gasteiger partial charge < -0.3 is 14.8 Å². The van der Waals surface area contributed by atoms with Crippen molar-refractivity contribution in [1.82, 2.24) is 0 Å². The first-order valence-corrected chi connectivity index (χ1v) is 8.10. The van der Waals surface area contributed by atoms with Crippen molar-refractivity contribution in [2.45, 2.75) is 20.8 Å². The minimum Gasteiger partial charge on any atom is -0.490 e. The van der Waals surface area contributed by atoms with Crippen LogP contribution < -0.4 is 10.1 Å². The Bertz CT molecular complexity index is 907. The van der Waals surface area contributed by atoms with Crippen LogP contribution in [0.3, 0.4) is 0 Å². The number of methoxy groups -OCH3 is 1. The Morgan fingerprint density at radius 3 is 2.37 bits per heavy atom. The van der Waals surface area contributed by atoms with Gasteiger partial charge in [0.1, 0.15) is 0 Å². The van der Waals surface area contributed by atoms with Gasteiger partial charge in [-0.1, -0.05) is 6.07 Å². The molecular formula is C19H20N2O6. The van der Waals surface area contributed by atoms with Gasteiger partial charge in [-0.3, -0.25) is 14.9 Å². The third kappa shape index (κ3) is 4.81. The maximum absolute atomic E-state index is 12.1. The van der Waals surface area contributed by atoms with Gasteiger partial charge in [0.05, 0.1) is 17.6 Å². The van der Waals surface area contributed by atoms with Crippen LogP contribution in [0.2, 0.25) is 0 Å². The molecular weight excluding hydrogens is 352 g/mol. The molecule has 0 saturated heterocycles. The molecule has 0 atom stereocenters. The number of hydrogen-bond donors (Lipinski definition) is 1. The molecule has 27 heavy (non-hydrogen) atoms. The van der Waals surface area contributed by atoms with Crippen molar-refractivity contribution in [2.75, 3.05) is 19.0 Å². The summed E-state index contributed by atoms with van der Waals surface area (Å²) in [6.45, 7) is 4.94. The highest BCUT2D eigenvalue weighted by atomic mass is 16.6. The Hall–Kier alpha value is -3.42. The largest absolute Gasteiger partial charge is 0.490 e. The third-order valence-corrected chi connectivity index (χ3v) is 4.07. The van der Waals surface area contributed by atoms with Crippen molar-refractivity contribution in [2.24, 2.45) is 0 Å². The Balaban J connectivity index is 2.04. The lowest BCUT2D eigenvalue weighted by molar-refractivity contribution is -0.385. The number of carbonyl (C=O) groups excluding carboxylic acids is 2. The molecule has 0 unspecified atom stereocenters. The van der Waals surface area contributed by atoms with Gasteiger partial charge in [0, 0.05) is 17.8 Å². The second-order valence-electron chi connectivity index (χ2n) is 6.02. The molecule has 0 heterocycles. The van der Waals surface area contributed by atoms with Gasteiger partial charge in [0.25, 0.3) is 5.91 Å². The van der Waals surface area contributed by atoms with Crippen molar-refractivity contribution in [3.63, 3.8) is 0 Å². The molecule has 1 amide bonds. The van der Waals surface area contributed by atoms with Gasteiger partial charge in [0.2, 0.25) is 0 Å². The van der Waals surface area contributed by atoms with Crippen LogP contribution in [-0.4, -0.2) is 30.5 Å². The summed E-state index contributed by atoms with van der Waals surface area (Å²) in [7, 11) is 1.30. The fourth-order valence-corrected chi connectivity index (χ4v) is 2.38. The number of amides is 1. The first-order valence-electron chi connectivity index (χ1n) is 8.10. The van der Waals surface area contributed by atoms with E-state index in [4.69, 9.17) is 9.47 Å². The topological polar surface area (TPSA) is 108 Å². The first kappa shape index (κ1) is 19.9. The highest BCUT2D eigenvalue weighted by molar-refractivity contribution is 5.96. The molecule has 0 spiro atoms. The monoisotopic (exact) mass is 372 g/mol. The van der Waals surface area contributed by atoms with E-state index < -0.39 is 23.4 Å². The molecule has 2 aromatic rings. The molecule has 0 bridgehead atoms. The van der Waals surface area contributed by atoms with Gasteiger partial charge in [-0.25, -0.2) is 4.79 Å². The molecule has 8 heteroatoms. The van der Waals surface area contributed by atoms with Gasteiger partial charge in [-0.05, 0) is 49.6 Å². The molecule has 2 aromatic carbocycles. The molecule has 0 saturated carbocycles. The van der Waals surface area contributed by atoms with E-state index in [2.05, 4.69) is 5.32 Å². The fraction of sp³-hybridized carbons (Fsp3) is 0.263. The van der Waals surface area contributed by atoms with E-state index in [1.54, 1.807) is 25.1 Å². The van der Waals surface area contributed by atoms with Crippen LogP contribution >= 0.6 is 0 Å². The Morgan fingerprint density at radius 1 is 1.07 bits per heavy atom. The van der Waals surface area contributed by atoms with Crippen molar-refractivity contribution in [3.8, 4) is 5.75 Å². The molecule has 1 N–H and O–H groups in total. The van der Waals surface area contributed by atoms with E-state index in [0.717, 1.165) is 11.1 Å². The van der Waals surface area contributed by atoms with Crippen LogP contribution in [0.15, 0.2) is 30.3 Å². The molecule has 0 aliphatic heterocycles. The highest BCUT2D eigenvalue weighted by Gasteiger charge is 2.19. The number of benzene rings is 2. The molecule has 0 fully saturated rings. The third-order valence-electron chi connectivity index (χ3n) is 4.07. The van der Waals surface area contributed by atoms with Gasteiger partial charge in [0.15, 0.2) is 12.4 Å². The summed E-state index contributed by atoms with van der Waals surface area (Å²) in [5.74, 6) is -1.15. The van der Waals surface area contributed by atoms with E-state index in [9.17, 15) is 19.7 Å². The number of rotatable bonds is 6. The molecule has 2 rings (SSSR count). The maximum Gasteiger partial charge on any atom is 0.338 e. The summed E-state index contributed by atoms with van der Waals surface area (Å²) in [6, 6.07) is 7.79. The number of aryl methyl sites for hydroxylation is 3. The Kier molecular flexibility index (Phi) is 6.12. The van der Waals surface area contributed by atoms with Crippen LogP contribution in [0.25, 0.3) is 0 Å². The number of nitro groups is 1. The minimum absolute atomic E-state index is 0.0213. The van der Waals surface area contributed by atoms with E-state index in [1.807, 2.05) is 13.8 Å². The second-order valence-corrected chi connectivity index (χ2v) is 6.02. The van der Waals surface area contributed by atoms with Crippen LogP contribution in [0.5, 0.6) is 5.75 Å². The number of ether oxygens (including phenoxy) is 2. The first-order chi connectivity index (χ1) is 12.7. The smallest absolute Gasteiger partial charge is 0.338 e.